The van der Waals surface area contributed by atoms with Gasteiger partial charge >= 0.3 is 0 Å². The summed E-state index contributed by atoms with van der Waals surface area (Å²) in [6.07, 6.45) is 13.9. The lowest BCUT2D eigenvalue weighted by atomic mass is 9.76. The average molecular weight is 298 g/mol. The van der Waals surface area contributed by atoms with Crippen molar-refractivity contribution in [3.8, 4) is 5.69 Å². The fourth-order valence-corrected chi connectivity index (χ4v) is 3.92. The molecule has 2 aliphatic rings. The van der Waals surface area contributed by atoms with Crippen molar-refractivity contribution in [2.45, 2.75) is 38.1 Å². The van der Waals surface area contributed by atoms with Gasteiger partial charge in [-0.3, -0.25) is 4.98 Å². The second-order valence-electron chi connectivity index (χ2n) is 6.49. The van der Waals surface area contributed by atoms with Gasteiger partial charge in [-0.2, -0.15) is 5.10 Å². The fourth-order valence-electron chi connectivity index (χ4n) is 3.92. The van der Waals surface area contributed by atoms with Crippen LogP contribution < -0.4 is 5.32 Å². The molecule has 5 nitrogen and oxygen atoms in total. The van der Waals surface area contributed by atoms with Crippen molar-refractivity contribution in [3.05, 3.63) is 36.9 Å². The average Bonchev–Trinajstić information content (AvgIpc) is 3.21. The van der Waals surface area contributed by atoms with E-state index < -0.39 is 0 Å². The van der Waals surface area contributed by atoms with Gasteiger partial charge in [-0.05, 0) is 31.4 Å². The minimum Gasteiger partial charge on any atom is -0.381 e. The Kier molecular flexibility index (Phi) is 3.58. The summed E-state index contributed by atoms with van der Waals surface area (Å²) >= 11 is 0. The van der Waals surface area contributed by atoms with E-state index in [2.05, 4.69) is 21.6 Å². The topological polar surface area (TPSA) is 52.0 Å². The summed E-state index contributed by atoms with van der Waals surface area (Å²) in [6, 6.07) is 4.42. The van der Waals surface area contributed by atoms with Gasteiger partial charge in [-0.25, -0.2) is 4.68 Å². The summed E-state index contributed by atoms with van der Waals surface area (Å²) in [4.78, 5) is 4.05. The molecule has 4 rings (SSSR count). The number of pyridine rings is 1. The van der Waals surface area contributed by atoms with Gasteiger partial charge in [0.25, 0.3) is 0 Å². The predicted molar refractivity (Wildman–Crippen MR) is 85.1 cm³/mol. The van der Waals surface area contributed by atoms with Crippen molar-refractivity contribution < 1.29 is 4.74 Å². The summed E-state index contributed by atoms with van der Waals surface area (Å²) in [5.74, 6) is 0. The summed E-state index contributed by atoms with van der Waals surface area (Å²) in [5, 5.41) is 8.19. The van der Waals surface area contributed by atoms with Gasteiger partial charge in [0.05, 0.1) is 30.4 Å². The molecule has 1 spiro atoms. The number of aromatic nitrogens is 3. The first-order valence-corrected chi connectivity index (χ1v) is 8.15. The largest absolute Gasteiger partial charge is 0.381 e. The van der Waals surface area contributed by atoms with Crippen LogP contribution in [0.2, 0.25) is 0 Å². The van der Waals surface area contributed by atoms with E-state index in [0.717, 1.165) is 31.0 Å². The highest BCUT2D eigenvalue weighted by Gasteiger charge is 2.43. The van der Waals surface area contributed by atoms with E-state index in [4.69, 9.17) is 4.74 Å². The molecule has 0 radical (unpaired) electrons. The Labute approximate surface area is 130 Å². The molecule has 1 atom stereocenters. The first-order valence-electron chi connectivity index (χ1n) is 8.15. The molecule has 2 aromatic rings. The molecule has 116 valence electrons. The van der Waals surface area contributed by atoms with E-state index in [1.54, 1.807) is 12.4 Å². The Hall–Kier alpha value is -1.88. The second-order valence-corrected chi connectivity index (χ2v) is 6.49. The molecule has 1 aliphatic heterocycles. The minimum atomic E-state index is 0.330. The third kappa shape index (κ3) is 2.50. The molecule has 1 unspecified atom stereocenters. The lowest BCUT2D eigenvalue weighted by molar-refractivity contribution is -0.0132. The number of anilines is 1. The Morgan fingerprint density at radius 1 is 1.23 bits per heavy atom. The first-order chi connectivity index (χ1) is 10.9. The van der Waals surface area contributed by atoms with Gasteiger partial charge in [-0.1, -0.05) is 12.8 Å². The highest BCUT2D eigenvalue weighted by Crippen LogP contribution is 2.45. The Balaban J connectivity index is 1.52. The molecule has 1 saturated carbocycles. The Bertz CT molecular complexity index is 619. The van der Waals surface area contributed by atoms with Crippen molar-refractivity contribution in [1.29, 1.82) is 0 Å². The van der Waals surface area contributed by atoms with Crippen LogP contribution in [0.3, 0.4) is 0 Å². The zero-order chi connectivity index (χ0) is 14.8. The normalized spacial score (nSPS) is 23.7. The SMILES string of the molecule is c1cc(-n2cc(NC3CCOCC34CCCC4)cn2)ccn1. The van der Waals surface area contributed by atoms with Crippen LogP contribution in [0.4, 0.5) is 5.69 Å². The number of hydrogen-bond donors (Lipinski definition) is 1. The van der Waals surface area contributed by atoms with Crippen LogP contribution in [0.15, 0.2) is 36.9 Å². The van der Waals surface area contributed by atoms with Crippen LogP contribution in [-0.2, 0) is 4.74 Å². The number of nitrogens with zero attached hydrogens (tertiary/aromatic N) is 3. The minimum absolute atomic E-state index is 0.330. The molecule has 0 aromatic carbocycles. The maximum absolute atomic E-state index is 5.78. The second kappa shape index (κ2) is 5.72. The predicted octanol–water partition coefficient (Wildman–Crippen LogP) is 3.03. The van der Waals surface area contributed by atoms with Gasteiger partial charge in [0.1, 0.15) is 0 Å². The van der Waals surface area contributed by atoms with E-state index in [1.165, 1.54) is 25.7 Å². The number of ether oxygens (including phenoxy) is 1. The molecule has 0 amide bonds. The summed E-state index contributed by atoms with van der Waals surface area (Å²) in [7, 11) is 0. The van der Waals surface area contributed by atoms with Crippen molar-refractivity contribution in [2.24, 2.45) is 5.41 Å². The third-order valence-electron chi connectivity index (χ3n) is 5.13. The van der Waals surface area contributed by atoms with Crippen LogP contribution in [0.25, 0.3) is 5.69 Å². The Morgan fingerprint density at radius 3 is 2.86 bits per heavy atom. The summed E-state index contributed by atoms with van der Waals surface area (Å²) < 4.78 is 7.68. The Morgan fingerprint density at radius 2 is 2.05 bits per heavy atom. The highest BCUT2D eigenvalue weighted by atomic mass is 16.5. The molecule has 1 aliphatic carbocycles. The van der Waals surface area contributed by atoms with Crippen LogP contribution in [0, 0.1) is 5.41 Å². The van der Waals surface area contributed by atoms with Crippen molar-refractivity contribution in [2.75, 3.05) is 18.5 Å². The number of rotatable bonds is 3. The third-order valence-corrected chi connectivity index (χ3v) is 5.13. The van der Waals surface area contributed by atoms with Crippen LogP contribution in [0.5, 0.6) is 0 Å². The molecular weight excluding hydrogens is 276 g/mol. The smallest absolute Gasteiger partial charge is 0.0733 e. The molecule has 0 bridgehead atoms. The zero-order valence-electron chi connectivity index (χ0n) is 12.7. The fraction of sp³-hybridized carbons (Fsp3) is 0.529. The molecule has 1 saturated heterocycles. The quantitative estimate of drug-likeness (QED) is 0.946. The monoisotopic (exact) mass is 298 g/mol. The van der Waals surface area contributed by atoms with Gasteiger partial charge in [0, 0.05) is 30.5 Å². The molecular formula is C17H22N4O. The number of hydrogen-bond acceptors (Lipinski definition) is 4. The zero-order valence-corrected chi connectivity index (χ0v) is 12.7. The van der Waals surface area contributed by atoms with Crippen LogP contribution in [-0.4, -0.2) is 34.0 Å². The van der Waals surface area contributed by atoms with Crippen LogP contribution in [0.1, 0.15) is 32.1 Å². The molecule has 2 fully saturated rings. The molecule has 22 heavy (non-hydrogen) atoms. The van der Waals surface area contributed by atoms with Gasteiger partial charge in [-0.15, -0.1) is 0 Å². The molecule has 5 heteroatoms. The van der Waals surface area contributed by atoms with E-state index in [0.29, 0.717) is 11.5 Å². The first kappa shape index (κ1) is 13.8. The lowest BCUT2D eigenvalue weighted by Crippen LogP contribution is -2.46. The van der Waals surface area contributed by atoms with E-state index in [9.17, 15) is 0 Å². The summed E-state index contributed by atoms with van der Waals surface area (Å²) in [6.45, 7) is 1.76. The summed E-state index contributed by atoms with van der Waals surface area (Å²) in [5.41, 5.74) is 2.46. The van der Waals surface area contributed by atoms with Gasteiger partial charge < -0.3 is 10.1 Å². The maximum atomic E-state index is 5.78. The molecule has 3 heterocycles. The van der Waals surface area contributed by atoms with Gasteiger partial charge in [0.2, 0.25) is 0 Å². The van der Waals surface area contributed by atoms with Crippen LogP contribution >= 0.6 is 0 Å². The number of nitrogens with one attached hydrogen (secondary N) is 1. The highest BCUT2D eigenvalue weighted by molar-refractivity contribution is 5.43. The van der Waals surface area contributed by atoms with E-state index in [1.807, 2.05) is 23.0 Å². The van der Waals surface area contributed by atoms with Crippen molar-refractivity contribution in [3.63, 3.8) is 0 Å². The molecule has 2 aromatic heterocycles. The maximum Gasteiger partial charge on any atom is 0.0733 e. The van der Waals surface area contributed by atoms with Crippen molar-refractivity contribution in [1.82, 2.24) is 14.8 Å². The van der Waals surface area contributed by atoms with E-state index >= 15 is 0 Å². The van der Waals surface area contributed by atoms with Gasteiger partial charge in [0.15, 0.2) is 0 Å². The molecule has 1 N–H and O–H groups in total. The van der Waals surface area contributed by atoms with E-state index in [-0.39, 0.29) is 0 Å². The standard InChI is InChI=1S/C17H22N4O/c1-2-7-17(6-1)13-22-10-5-16(17)20-14-11-19-21(12-14)15-3-8-18-9-4-15/h3-4,8-9,11-12,16,20H,1-2,5-7,10,13H2. The van der Waals surface area contributed by atoms with Crippen molar-refractivity contribution >= 4 is 5.69 Å². The lowest BCUT2D eigenvalue weighted by Gasteiger charge is -2.41.